The van der Waals surface area contributed by atoms with Gasteiger partial charge in [-0.25, -0.2) is 4.39 Å². The number of ether oxygens (including phenoxy) is 1. The zero-order valence-electron chi connectivity index (χ0n) is 14.4. The van der Waals surface area contributed by atoms with E-state index < -0.39 is 0 Å². The molecule has 0 unspecified atom stereocenters. The molecular weight excluding hydrogens is 335 g/mol. The molecule has 5 heteroatoms. The molecule has 134 valence electrons. The minimum atomic E-state index is -0.141. The molecule has 1 fully saturated rings. The molecule has 1 aliphatic rings. The molecule has 1 aliphatic heterocycles. The molecule has 3 nitrogen and oxygen atoms in total. The summed E-state index contributed by atoms with van der Waals surface area (Å²) in [6, 6.07) is 17.2. The van der Waals surface area contributed by atoms with Crippen molar-refractivity contribution in [1.29, 1.82) is 0 Å². The maximum atomic E-state index is 13.9. The number of hydrogen-bond acceptors (Lipinski definition) is 4. The maximum absolute atomic E-state index is 13.9. The Morgan fingerprint density at radius 1 is 0.960 bits per heavy atom. The lowest BCUT2D eigenvalue weighted by atomic mass is 10.2. The van der Waals surface area contributed by atoms with E-state index >= 15 is 0 Å². The standard InChI is InChI=1S/C20H25FN2OS/c21-19-8-4-5-9-20(19)23-12-10-22(11-13-23)14-18(25)16-24-15-17-6-2-1-3-7-17/h1-9,18,25H,10-16H2/t18-/m0/s1. The summed E-state index contributed by atoms with van der Waals surface area (Å²) in [5.74, 6) is -0.141. The van der Waals surface area contributed by atoms with Crippen molar-refractivity contribution in [3.63, 3.8) is 0 Å². The molecule has 1 saturated heterocycles. The Balaban J connectivity index is 1.38. The molecular formula is C20H25FN2OS. The smallest absolute Gasteiger partial charge is 0.146 e. The molecule has 0 spiro atoms. The van der Waals surface area contributed by atoms with Gasteiger partial charge in [-0.05, 0) is 17.7 Å². The molecule has 0 radical (unpaired) electrons. The lowest BCUT2D eigenvalue weighted by Crippen LogP contribution is -2.48. The van der Waals surface area contributed by atoms with Crippen molar-refractivity contribution < 1.29 is 9.13 Å². The highest BCUT2D eigenvalue weighted by molar-refractivity contribution is 7.81. The molecule has 0 aliphatic carbocycles. The van der Waals surface area contributed by atoms with Crippen LogP contribution < -0.4 is 4.90 Å². The average molecular weight is 360 g/mol. The highest BCUT2D eigenvalue weighted by atomic mass is 32.1. The van der Waals surface area contributed by atoms with Crippen LogP contribution >= 0.6 is 12.6 Å². The molecule has 0 amide bonds. The summed E-state index contributed by atoms with van der Waals surface area (Å²) in [6.07, 6.45) is 0. The van der Waals surface area contributed by atoms with Crippen molar-refractivity contribution in [3.05, 3.63) is 66.0 Å². The molecule has 0 bridgehead atoms. The Kier molecular flexibility index (Phi) is 6.73. The summed E-state index contributed by atoms with van der Waals surface area (Å²) in [4.78, 5) is 4.49. The summed E-state index contributed by atoms with van der Waals surface area (Å²) >= 11 is 4.66. The zero-order valence-corrected chi connectivity index (χ0v) is 15.2. The molecule has 1 heterocycles. The van der Waals surface area contributed by atoms with E-state index in [-0.39, 0.29) is 11.1 Å². The molecule has 2 aromatic carbocycles. The first-order chi connectivity index (χ1) is 12.2. The van der Waals surface area contributed by atoms with Crippen LogP contribution in [0.4, 0.5) is 10.1 Å². The van der Waals surface area contributed by atoms with Gasteiger partial charge in [0.05, 0.1) is 18.9 Å². The van der Waals surface area contributed by atoms with Crippen molar-refractivity contribution in [1.82, 2.24) is 4.90 Å². The molecule has 2 aromatic rings. The summed E-state index contributed by atoms with van der Waals surface area (Å²) in [5, 5.41) is 0.184. The SMILES string of the molecule is Fc1ccccc1N1CCN(C[C@H](S)COCc2ccccc2)CC1. The number of halogens is 1. The van der Waals surface area contributed by atoms with Gasteiger partial charge in [-0.3, -0.25) is 4.90 Å². The van der Waals surface area contributed by atoms with E-state index in [2.05, 4.69) is 34.6 Å². The molecule has 0 saturated carbocycles. The second-order valence-electron chi connectivity index (χ2n) is 6.39. The Morgan fingerprint density at radius 2 is 1.64 bits per heavy atom. The van der Waals surface area contributed by atoms with Gasteiger partial charge < -0.3 is 9.64 Å². The topological polar surface area (TPSA) is 15.7 Å². The summed E-state index contributed by atoms with van der Waals surface area (Å²) in [7, 11) is 0. The van der Waals surface area contributed by atoms with Gasteiger partial charge >= 0.3 is 0 Å². The molecule has 25 heavy (non-hydrogen) atoms. The summed E-state index contributed by atoms with van der Waals surface area (Å²) < 4.78 is 19.6. The summed E-state index contributed by atoms with van der Waals surface area (Å²) in [6.45, 7) is 5.67. The van der Waals surface area contributed by atoms with Crippen LogP contribution in [0.1, 0.15) is 5.56 Å². The number of piperazine rings is 1. The fraction of sp³-hybridized carbons (Fsp3) is 0.400. The second-order valence-corrected chi connectivity index (χ2v) is 7.12. The largest absolute Gasteiger partial charge is 0.376 e. The van der Waals surface area contributed by atoms with Crippen molar-refractivity contribution in [2.75, 3.05) is 44.2 Å². The first-order valence-corrected chi connectivity index (χ1v) is 9.25. The zero-order chi connectivity index (χ0) is 17.5. The van der Waals surface area contributed by atoms with Gasteiger partial charge in [-0.2, -0.15) is 12.6 Å². The summed E-state index contributed by atoms with van der Waals surface area (Å²) in [5.41, 5.74) is 1.89. The number of anilines is 1. The maximum Gasteiger partial charge on any atom is 0.146 e. The number of benzene rings is 2. The highest BCUT2D eigenvalue weighted by Crippen LogP contribution is 2.20. The Morgan fingerprint density at radius 3 is 2.36 bits per heavy atom. The van der Waals surface area contributed by atoms with Gasteiger partial charge in [-0.1, -0.05) is 42.5 Å². The number of para-hydroxylation sites is 1. The van der Waals surface area contributed by atoms with Crippen molar-refractivity contribution in [2.45, 2.75) is 11.9 Å². The van der Waals surface area contributed by atoms with Crippen LogP contribution in [0.3, 0.4) is 0 Å². The van der Waals surface area contributed by atoms with Gasteiger partial charge in [0.1, 0.15) is 5.82 Å². The minimum absolute atomic E-state index is 0.141. The average Bonchev–Trinajstić information content (AvgIpc) is 2.64. The number of nitrogens with zero attached hydrogens (tertiary/aromatic N) is 2. The number of thiol groups is 1. The van der Waals surface area contributed by atoms with Crippen LogP contribution in [0, 0.1) is 5.82 Å². The van der Waals surface area contributed by atoms with E-state index in [0.717, 1.165) is 32.7 Å². The van der Waals surface area contributed by atoms with E-state index in [4.69, 9.17) is 4.74 Å². The second kappa shape index (κ2) is 9.22. The first-order valence-electron chi connectivity index (χ1n) is 8.74. The van der Waals surface area contributed by atoms with E-state index in [1.165, 1.54) is 11.6 Å². The van der Waals surface area contributed by atoms with Gasteiger partial charge in [0, 0.05) is 38.0 Å². The van der Waals surface area contributed by atoms with Gasteiger partial charge in [0.15, 0.2) is 0 Å². The van der Waals surface area contributed by atoms with Crippen molar-refractivity contribution in [3.8, 4) is 0 Å². The van der Waals surface area contributed by atoms with E-state index in [1.54, 1.807) is 6.07 Å². The number of rotatable bonds is 7. The van der Waals surface area contributed by atoms with Crippen LogP contribution in [0.25, 0.3) is 0 Å². The molecule has 1 atom stereocenters. The predicted octanol–water partition coefficient (Wildman–Crippen LogP) is 3.46. The molecule has 3 rings (SSSR count). The fourth-order valence-electron chi connectivity index (χ4n) is 3.12. The van der Waals surface area contributed by atoms with Gasteiger partial charge in [0.2, 0.25) is 0 Å². The van der Waals surface area contributed by atoms with Crippen LogP contribution in [-0.2, 0) is 11.3 Å². The molecule has 0 N–H and O–H groups in total. The minimum Gasteiger partial charge on any atom is -0.376 e. The van der Waals surface area contributed by atoms with Crippen LogP contribution in [-0.4, -0.2) is 49.5 Å². The Bertz CT molecular complexity index is 647. The molecule has 0 aromatic heterocycles. The van der Waals surface area contributed by atoms with Crippen LogP contribution in [0.5, 0.6) is 0 Å². The van der Waals surface area contributed by atoms with Crippen LogP contribution in [0.2, 0.25) is 0 Å². The fourth-order valence-corrected chi connectivity index (χ4v) is 3.45. The van der Waals surface area contributed by atoms with Crippen LogP contribution in [0.15, 0.2) is 54.6 Å². The monoisotopic (exact) mass is 360 g/mol. The first kappa shape index (κ1) is 18.2. The van der Waals surface area contributed by atoms with E-state index in [9.17, 15) is 4.39 Å². The van der Waals surface area contributed by atoms with Gasteiger partial charge in [-0.15, -0.1) is 0 Å². The third kappa shape index (κ3) is 5.46. The Labute approximate surface area is 154 Å². The van der Waals surface area contributed by atoms with Gasteiger partial charge in [0.25, 0.3) is 0 Å². The Hall–Kier alpha value is -1.56. The number of hydrogen-bond donors (Lipinski definition) is 1. The van der Waals surface area contributed by atoms with E-state index in [0.29, 0.717) is 18.9 Å². The highest BCUT2D eigenvalue weighted by Gasteiger charge is 2.20. The lowest BCUT2D eigenvalue weighted by molar-refractivity contribution is 0.112. The predicted molar refractivity (Wildman–Crippen MR) is 104 cm³/mol. The third-order valence-corrected chi connectivity index (χ3v) is 4.77. The van der Waals surface area contributed by atoms with E-state index in [1.807, 2.05) is 30.3 Å². The lowest BCUT2D eigenvalue weighted by Gasteiger charge is -2.37. The van der Waals surface area contributed by atoms with Crippen molar-refractivity contribution >= 4 is 18.3 Å². The third-order valence-electron chi connectivity index (χ3n) is 4.46. The van der Waals surface area contributed by atoms with Crippen molar-refractivity contribution in [2.24, 2.45) is 0 Å². The quantitative estimate of drug-likeness (QED) is 0.762. The normalized spacial score (nSPS) is 16.8.